The van der Waals surface area contributed by atoms with Gasteiger partial charge >= 0.3 is 0 Å². The number of hydrogen-bond acceptors (Lipinski definition) is 4. The minimum atomic E-state index is -0.384. The molecule has 0 bridgehead atoms. The molecule has 6 heteroatoms. The van der Waals surface area contributed by atoms with E-state index in [1.165, 1.54) is 6.08 Å². The molecule has 0 N–H and O–H groups in total. The molecule has 0 unspecified atom stereocenters. The standard InChI is InChI=1S/C12H7Cl2N3O/c13-11-15-10(16-12(14)17-11)9(18)7-6-8-4-2-1-3-5-8/h1-7H/b7-6+. The number of ketones is 1. The van der Waals surface area contributed by atoms with Crippen molar-refractivity contribution in [1.29, 1.82) is 0 Å². The van der Waals surface area contributed by atoms with Crippen molar-refractivity contribution in [3.8, 4) is 0 Å². The van der Waals surface area contributed by atoms with Gasteiger partial charge in [0.25, 0.3) is 0 Å². The average Bonchev–Trinajstić information content (AvgIpc) is 2.36. The maximum Gasteiger partial charge on any atom is 0.227 e. The van der Waals surface area contributed by atoms with E-state index in [1.807, 2.05) is 30.3 Å². The lowest BCUT2D eigenvalue weighted by Crippen LogP contribution is -2.04. The van der Waals surface area contributed by atoms with E-state index in [4.69, 9.17) is 23.2 Å². The van der Waals surface area contributed by atoms with Crippen molar-refractivity contribution in [2.24, 2.45) is 0 Å². The van der Waals surface area contributed by atoms with Gasteiger partial charge in [-0.1, -0.05) is 36.4 Å². The van der Waals surface area contributed by atoms with E-state index in [2.05, 4.69) is 15.0 Å². The van der Waals surface area contributed by atoms with E-state index in [-0.39, 0.29) is 22.2 Å². The molecule has 0 radical (unpaired) electrons. The summed E-state index contributed by atoms with van der Waals surface area (Å²) in [6, 6.07) is 9.39. The summed E-state index contributed by atoms with van der Waals surface area (Å²) in [7, 11) is 0. The molecule has 0 aliphatic carbocycles. The lowest BCUT2D eigenvalue weighted by atomic mass is 10.2. The predicted molar refractivity (Wildman–Crippen MR) is 69.7 cm³/mol. The van der Waals surface area contributed by atoms with Gasteiger partial charge in [-0.15, -0.1) is 0 Å². The van der Waals surface area contributed by atoms with Crippen molar-refractivity contribution in [1.82, 2.24) is 15.0 Å². The number of allylic oxidation sites excluding steroid dienone is 1. The number of rotatable bonds is 3. The van der Waals surface area contributed by atoms with Crippen LogP contribution in [0, 0.1) is 0 Å². The van der Waals surface area contributed by atoms with Gasteiger partial charge in [0.15, 0.2) is 0 Å². The largest absolute Gasteiger partial charge is 0.286 e. The van der Waals surface area contributed by atoms with Crippen molar-refractivity contribution >= 4 is 35.1 Å². The molecule has 0 spiro atoms. The van der Waals surface area contributed by atoms with Gasteiger partial charge in [0.05, 0.1) is 0 Å². The summed E-state index contributed by atoms with van der Waals surface area (Å²) in [5, 5.41) is -0.210. The van der Waals surface area contributed by atoms with Crippen LogP contribution in [0.1, 0.15) is 16.2 Å². The Balaban J connectivity index is 2.20. The Bertz CT molecular complexity index is 579. The molecule has 0 amide bonds. The van der Waals surface area contributed by atoms with Gasteiger partial charge in [-0.05, 0) is 34.8 Å². The smallest absolute Gasteiger partial charge is 0.227 e. The number of halogens is 2. The van der Waals surface area contributed by atoms with E-state index in [1.54, 1.807) is 6.08 Å². The Hall–Kier alpha value is -1.78. The van der Waals surface area contributed by atoms with Crippen LogP contribution in [-0.2, 0) is 0 Å². The second-order valence-electron chi connectivity index (χ2n) is 3.31. The predicted octanol–water partition coefficient (Wildman–Crippen LogP) is 3.07. The summed E-state index contributed by atoms with van der Waals surface area (Å²) in [5.74, 6) is -0.461. The van der Waals surface area contributed by atoms with Crippen molar-refractivity contribution in [3.05, 3.63) is 58.4 Å². The zero-order valence-corrected chi connectivity index (χ0v) is 10.6. The van der Waals surface area contributed by atoms with Gasteiger partial charge in [0.2, 0.25) is 22.2 Å². The van der Waals surface area contributed by atoms with Crippen molar-refractivity contribution in [2.45, 2.75) is 0 Å². The Kier molecular flexibility index (Phi) is 4.02. The van der Waals surface area contributed by atoms with Crippen LogP contribution in [0.2, 0.25) is 10.6 Å². The van der Waals surface area contributed by atoms with Gasteiger partial charge < -0.3 is 0 Å². The van der Waals surface area contributed by atoms with E-state index < -0.39 is 0 Å². The molecule has 18 heavy (non-hydrogen) atoms. The number of hydrogen-bond donors (Lipinski definition) is 0. The fourth-order valence-electron chi connectivity index (χ4n) is 1.25. The highest BCUT2D eigenvalue weighted by Crippen LogP contribution is 2.08. The van der Waals surface area contributed by atoms with Crippen LogP contribution in [0.25, 0.3) is 6.08 Å². The molecule has 0 aliphatic heterocycles. The summed E-state index contributed by atoms with van der Waals surface area (Å²) >= 11 is 11.2. The molecule has 1 aromatic carbocycles. The Labute approximate surface area is 113 Å². The zero-order chi connectivity index (χ0) is 13.0. The highest BCUT2D eigenvalue weighted by molar-refractivity contribution is 6.31. The third kappa shape index (κ3) is 3.35. The van der Waals surface area contributed by atoms with Crippen LogP contribution in [-0.4, -0.2) is 20.7 Å². The fraction of sp³-hybridized carbons (Fsp3) is 0. The summed E-state index contributed by atoms with van der Waals surface area (Å²) in [4.78, 5) is 22.7. The van der Waals surface area contributed by atoms with E-state index >= 15 is 0 Å². The third-order valence-corrected chi connectivity index (χ3v) is 2.37. The number of benzene rings is 1. The number of aromatic nitrogens is 3. The maximum absolute atomic E-state index is 11.8. The zero-order valence-electron chi connectivity index (χ0n) is 9.05. The van der Waals surface area contributed by atoms with E-state index in [0.29, 0.717) is 0 Å². The Morgan fingerprint density at radius 1 is 1.00 bits per heavy atom. The van der Waals surface area contributed by atoms with E-state index in [9.17, 15) is 4.79 Å². The summed E-state index contributed by atoms with van der Waals surface area (Å²) in [5.41, 5.74) is 0.900. The number of carbonyl (C=O) groups excluding carboxylic acids is 1. The van der Waals surface area contributed by atoms with Gasteiger partial charge in [-0.25, -0.2) is 0 Å². The SMILES string of the molecule is O=C(/C=C/c1ccccc1)c1nc(Cl)nc(Cl)n1. The van der Waals surface area contributed by atoms with Gasteiger partial charge in [0.1, 0.15) is 0 Å². The minimum Gasteiger partial charge on any atom is -0.286 e. The summed E-state index contributed by atoms with van der Waals surface area (Å²) in [6.07, 6.45) is 3.02. The summed E-state index contributed by atoms with van der Waals surface area (Å²) < 4.78 is 0. The third-order valence-electron chi connectivity index (χ3n) is 2.03. The van der Waals surface area contributed by atoms with Crippen LogP contribution in [0.3, 0.4) is 0 Å². The molecule has 90 valence electrons. The first-order valence-electron chi connectivity index (χ1n) is 5.00. The molecule has 0 fully saturated rings. The van der Waals surface area contributed by atoms with Gasteiger partial charge in [-0.2, -0.15) is 15.0 Å². The van der Waals surface area contributed by atoms with Crippen molar-refractivity contribution < 1.29 is 4.79 Å². The molecular weight excluding hydrogens is 273 g/mol. The molecule has 2 rings (SSSR count). The summed E-state index contributed by atoms with van der Waals surface area (Å²) in [6.45, 7) is 0. The second kappa shape index (κ2) is 5.71. The molecular formula is C12H7Cl2N3O. The normalized spacial score (nSPS) is 10.8. The monoisotopic (exact) mass is 279 g/mol. The second-order valence-corrected chi connectivity index (χ2v) is 3.98. The van der Waals surface area contributed by atoms with Crippen LogP contribution < -0.4 is 0 Å². The quantitative estimate of drug-likeness (QED) is 0.640. The van der Waals surface area contributed by atoms with Crippen LogP contribution in [0.15, 0.2) is 36.4 Å². The lowest BCUT2D eigenvalue weighted by molar-refractivity contribution is 0.103. The minimum absolute atomic E-state index is 0.0767. The molecule has 1 aromatic heterocycles. The topological polar surface area (TPSA) is 55.7 Å². The fourth-order valence-corrected chi connectivity index (χ4v) is 1.61. The molecule has 2 aromatic rings. The van der Waals surface area contributed by atoms with Crippen molar-refractivity contribution in [3.63, 3.8) is 0 Å². The first-order valence-corrected chi connectivity index (χ1v) is 5.75. The highest BCUT2D eigenvalue weighted by Gasteiger charge is 2.09. The molecule has 0 aliphatic rings. The highest BCUT2D eigenvalue weighted by atomic mass is 35.5. The maximum atomic E-state index is 11.8. The van der Waals surface area contributed by atoms with Crippen LogP contribution in [0.4, 0.5) is 0 Å². The van der Waals surface area contributed by atoms with Crippen molar-refractivity contribution in [2.75, 3.05) is 0 Å². The Morgan fingerprint density at radius 2 is 1.61 bits per heavy atom. The first kappa shape index (κ1) is 12.7. The molecule has 0 atom stereocenters. The molecule has 0 saturated heterocycles. The van der Waals surface area contributed by atoms with Crippen LogP contribution in [0.5, 0.6) is 0 Å². The molecule has 1 heterocycles. The lowest BCUT2D eigenvalue weighted by Gasteiger charge is -1.96. The number of carbonyl (C=O) groups is 1. The van der Waals surface area contributed by atoms with Gasteiger partial charge in [0, 0.05) is 0 Å². The Morgan fingerprint density at radius 3 is 2.22 bits per heavy atom. The van der Waals surface area contributed by atoms with Crippen LogP contribution >= 0.6 is 23.2 Å². The van der Waals surface area contributed by atoms with E-state index in [0.717, 1.165) is 5.56 Å². The molecule has 0 saturated carbocycles. The number of nitrogens with zero attached hydrogens (tertiary/aromatic N) is 3. The molecule has 4 nitrogen and oxygen atoms in total. The first-order chi connectivity index (χ1) is 8.65. The average molecular weight is 280 g/mol. The van der Waals surface area contributed by atoms with Gasteiger partial charge in [-0.3, -0.25) is 4.79 Å².